The van der Waals surface area contributed by atoms with Crippen LogP contribution in [0.3, 0.4) is 0 Å². The lowest BCUT2D eigenvalue weighted by atomic mass is 10.3. The highest BCUT2D eigenvalue weighted by Gasteiger charge is 2.11. The number of hydrogen-bond donors (Lipinski definition) is 1. The highest BCUT2D eigenvalue weighted by molar-refractivity contribution is 5.85. The van der Waals surface area contributed by atoms with E-state index in [1.54, 1.807) is 21.5 Å². The van der Waals surface area contributed by atoms with Gasteiger partial charge in [-0.15, -0.1) is 12.4 Å². The van der Waals surface area contributed by atoms with Gasteiger partial charge in [0.05, 0.1) is 10.9 Å². The van der Waals surface area contributed by atoms with Gasteiger partial charge >= 0.3 is 0 Å². The molecule has 106 valence electrons. The molecule has 6 nitrogen and oxygen atoms in total. The molecule has 20 heavy (non-hydrogen) atoms. The lowest BCUT2D eigenvalue weighted by Gasteiger charge is -2.02. The van der Waals surface area contributed by atoms with Crippen molar-refractivity contribution in [3.63, 3.8) is 0 Å². The first-order valence-electron chi connectivity index (χ1n) is 5.96. The van der Waals surface area contributed by atoms with E-state index >= 15 is 0 Å². The first kappa shape index (κ1) is 14.2. The molecule has 0 fully saturated rings. The lowest BCUT2D eigenvalue weighted by Crippen LogP contribution is -2.17. The molecule has 0 atom stereocenters. The third-order valence-electron chi connectivity index (χ3n) is 3.50. The van der Waals surface area contributed by atoms with E-state index in [9.17, 15) is 4.79 Å². The van der Waals surface area contributed by atoms with Crippen LogP contribution < -0.4 is 11.3 Å². The molecule has 2 N–H and O–H groups in total. The standard InChI is InChI=1S/C13H15N5O.ClH/c1-8-6-12(15-17(8)3)18-5-4-10-9(13(18)19)7-11(14)16(10)2;/h4-7H,14H2,1-3H3;1H. The third kappa shape index (κ3) is 1.89. The number of hydrogen-bond acceptors (Lipinski definition) is 3. The van der Waals surface area contributed by atoms with Crippen LogP contribution >= 0.6 is 12.4 Å². The van der Waals surface area contributed by atoms with Crippen LogP contribution in [0.2, 0.25) is 0 Å². The Labute approximate surface area is 121 Å². The van der Waals surface area contributed by atoms with Gasteiger partial charge in [0.1, 0.15) is 5.82 Å². The molecule has 7 heteroatoms. The average Bonchev–Trinajstić information content (AvgIpc) is 2.84. The molecule has 0 amide bonds. The molecule has 0 spiro atoms. The third-order valence-corrected chi connectivity index (χ3v) is 3.50. The van der Waals surface area contributed by atoms with Crippen LogP contribution in [0.1, 0.15) is 5.69 Å². The number of anilines is 1. The maximum atomic E-state index is 12.5. The SMILES string of the molecule is Cc1cc(-n2ccc3c(cc(N)n3C)c2=O)nn1C.Cl. The summed E-state index contributed by atoms with van der Waals surface area (Å²) in [6.45, 7) is 1.95. The molecule has 0 unspecified atom stereocenters. The van der Waals surface area contributed by atoms with Crippen LogP contribution in [-0.2, 0) is 14.1 Å². The summed E-state index contributed by atoms with van der Waals surface area (Å²) in [6.07, 6.45) is 1.73. The number of rotatable bonds is 1. The average molecular weight is 294 g/mol. The van der Waals surface area contributed by atoms with Gasteiger partial charge in [0.2, 0.25) is 0 Å². The number of nitrogens with two attached hydrogens (primary N) is 1. The summed E-state index contributed by atoms with van der Waals surface area (Å²) >= 11 is 0. The summed E-state index contributed by atoms with van der Waals surface area (Å²) in [6, 6.07) is 5.45. The summed E-state index contributed by atoms with van der Waals surface area (Å²) in [5.74, 6) is 1.19. The van der Waals surface area contributed by atoms with Crippen molar-refractivity contribution in [2.45, 2.75) is 6.92 Å². The quantitative estimate of drug-likeness (QED) is 0.737. The van der Waals surface area contributed by atoms with Gasteiger partial charge in [-0.2, -0.15) is 5.10 Å². The van der Waals surface area contributed by atoms with Gasteiger partial charge < -0.3 is 10.3 Å². The minimum absolute atomic E-state index is 0. The van der Waals surface area contributed by atoms with Crippen molar-refractivity contribution >= 4 is 29.1 Å². The Hall–Kier alpha value is -2.21. The second-order valence-corrected chi connectivity index (χ2v) is 4.69. The van der Waals surface area contributed by atoms with Gasteiger partial charge in [-0.3, -0.25) is 14.0 Å². The minimum Gasteiger partial charge on any atom is -0.385 e. The van der Waals surface area contributed by atoms with Crippen LogP contribution in [0, 0.1) is 6.92 Å². The highest BCUT2D eigenvalue weighted by Crippen LogP contribution is 2.17. The molecule has 0 saturated carbocycles. The second-order valence-electron chi connectivity index (χ2n) is 4.69. The molecular weight excluding hydrogens is 278 g/mol. The number of halogens is 1. The molecular formula is C13H16ClN5O. The van der Waals surface area contributed by atoms with Gasteiger partial charge in [-0.05, 0) is 19.1 Å². The van der Waals surface area contributed by atoms with Crippen LogP contribution in [0.25, 0.3) is 16.7 Å². The van der Waals surface area contributed by atoms with E-state index in [1.165, 1.54) is 4.57 Å². The molecule has 0 saturated heterocycles. The van der Waals surface area contributed by atoms with Gasteiger partial charge in [-0.25, -0.2) is 0 Å². The Morgan fingerprint density at radius 1 is 1.25 bits per heavy atom. The molecule has 0 radical (unpaired) electrons. The molecule has 3 aromatic heterocycles. The van der Waals surface area contributed by atoms with E-state index in [0.29, 0.717) is 17.0 Å². The van der Waals surface area contributed by atoms with Crippen molar-refractivity contribution in [3.05, 3.63) is 40.4 Å². The number of aromatic nitrogens is 4. The van der Waals surface area contributed by atoms with Crippen LogP contribution in [0.5, 0.6) is 0 Å². The molecule has 0 aromatic carbocycles. The molecule has 0 bridgehead atoms. The smallest absolute Gasteiger partial charge is 0.265 e. The Morgan fingerprint density at radius 3 is 2.55 bits per heavy atom. The zero-order valence-corrected chi connectivity index (χ0v) is 12.3. The molecule has 3 aromatic rings. The molecule has 0 aliphatic heterocycles. The number of nitrogens with zero attached hydrogens (tertiary/aromatic N) is 4. The van der Waals surface area contributed by atoms with Crippen molar-refractivity contribution in [3.8, 4) is 5.82 Å². The predicted molar refractivity (Wildman–Crippen MR) is 81.7 cm³/mol. The maximum absolute atomic E-state index is 12.5. The Morgan fingerprint density at radius 2 is 1.95 bits per heavy atom. The molecule has 3 heterocycles. The second kappa shape index (κ2) is 4.72. The lowest BCUT2D eigenvalue weighted by molar-refractivity contribution is 0.725. The monoisotopic (exact) mass is 293 g/mol. The largest absolute Gasteiger partial charge is 0.385 e. The Balaban J connectivity index is 0.00000147. The van der Waals surface area contributed by atoms with Crippen LogP contribution in [-0.4, -0.2) is 18.9 Å². The molecule has 0 aliphatic rings. The zero-order chi connectivity index (χ0) is 13.7. The fraction of sp³-hybridized carbons (Fsp3) is 0.231. The van der Waals surface area contributed by atoms with Gasteiger partial charge in [-0.1, -0.05) is 0 Å². The van der Waals surface area contributed by atoms with E-state index in [1.807, 2.05) is 33.2 Å². The van der Waals surface area contributed by atoms with E-state index in [2.05, 4.69) is 5.10 Å². The van der Waals surface area contributed by atoms with Crippen molar-refractivity contribution < 1.29 is 0 Å². The summed E-state index contributed by atoms with van der Waals surface area (Å²) < 4.78 is 5.07. The predicted octanol–water partition coefficient (Wildman–Crippen LogP) is 1.38. The summed E-state index contributed by atoms with van der Waals surface area (Å²) in [5, 5.41) is 4.92. The highest BCUT2D eigenvalue weighted by atomic mass is 35.5. The summed E-state index contributed by atoms with van der Waals surface area (Å²) in [5.41, 5.74) is 7.55. The van der Waals surface area contributed by atoms with Crippen LogP contribution in [0.4, 0.5) is 5.82 Å². The summed E-state index contributed by atoms with van der Waals surface area (Å²) in [4.78, 5) is 12.5. The number of aryl methyl sites for hydroxylation is 3. The van der Waals surface area contributed by atoms with Gasteiger partial charge in [0.15, 0.2) is 5.82 Å². The van der Waals surface area contributed by atoms with Gasteiger partial charge in [0.25, 0.3) is 5.56 Å². The fourth-order valence-electron chi connectivity index (χ4n) is 2.19. The summed E-state index contributed by atoms with van der Waals surface area (Å²) in [7, 11) is 3.69. The fourth-order valence-corrected chi connectivity index (χ4v) is 2.19. The Kier molecular flexibility index (Phi) is 3.35. The molecule has 0 aliphatic carbocycles. The molecule has 3 rings (SSSR count). The van der Waals surface area contributed by atoms with Crippen molar-refractivity contribution in [1.82, 2.24) is 18.9 Å². The van der Waals surface area contributed by atoms with Gasteiger partial charge in [0, 0.05) is 32.1 Å². The zero-order valence-electron chi connectivity index (χ0n) is 11.5. The maximum Gasteiger partial charge on any atom is 0.265 e. The van der Waals surface area contributed by atoms with E-state index in [4.69, 9.17) is 5.73 Å². The van der Waals surface area contributed by atoms with Crippen molar-refractivity contribution in [2.75, 3.05) is 5.73 Å². The van der Waals surface area contributed by atoms with E-state index in [0.717, 1.165) is 11.2 Å². The Bertz CT molecular complexity index is 823. The first-order valence-corrected chi connectivity index (χ1v) is 5.96. The van der Waals surface area contributed by atoms with Crippen LogP contribution in [0.15, 0.2) is 29.2 Å². The van der Waals surface area contributed by atoms with E-state index in [-0.39, 0.29) is 18.0 Å². The van der Waals surface area contributed by atoms with Crippen molar-refractivity contribution in [1.29, 1.82) is 0 Å². The minimum atomic E-state index is -0.108. The normalized spacial score (nSPS) is 10.8. The first-order chi connectivity index (χ1) is 8.99. The number of pyridine rings is 1. The number of fused-ring (bicyclic) bond motifs is 1. The topological polar surface area (TPSA) is 70.8 Å². The van der Waals surface area contributed by atoms with Crippen molar-refractivity contribution in [2.24, 2.45) is 14.1 Å². The number of nitrogen functional groups attached to an aromatic ring is 1. The van der Waals surface area contributed by atoms with E-state index < -0.39 is 0 Å².